The van der Waals surface area contributed by atoms with Crippen LogP contribution < -0.4 is 18.9 Å². The average Bonchev–Trinajstić information content (AvgIpc) is 3.25. The van der Waals surface area contributed by atoms with E-state index in [0.29, 0.717) is 32.2 Å². The molecule has 5 rings (SSSR count). The normalized spacial score (nSPS) is 13.3. The number of benzene rings is 5. The molecule has 21 heteroatoms. The highest BCUT2D eigenvalue weighted by molar-refractivity contribution is 7.90. The maximum Gasteiger partial charge on any atom is 0.417 e. The van der Waals surface area contributed by atoms with E-state index in [0.717, 1.165) is 39.6 Å². The van der Waals surface area contributed by atoms with E-state index in [9.17, 15) is 46.8 Å². The molecule has 0 heterocycles. The highest BCUT2D eigenvalue weighted by Gasteiger charge is 2.39. The van der Waals surface area contributed by atoms with Gasteiger partial charge in [0.25, 0.3) is 0 Å². The maximum atomic E-state index is 13.2. The first-order valence-electron chi connectivity index (χ1n) is 27.1. The van der Waals surface area contributed by atoms with Gasteiger partial charge in [-0.05, 0) is 176 Å². The van der Waals surface area contributed by atoms with Crippen LogP contribution in [-0.2, 0) is 51.7 Å². The van der Waals surface area contributed by atoms with Crippen LogP contribution in [0.25, 0.3) is 10.8 Å². The number of nitrogens with one attached hydrogen (secondary N) is 4. The molecule has 0 aromatic heterocycles. The number of sulfonamides is 4. The summed E-state index contributed by atoms with van der Waals surface area (Å²) in [4.78, 5) is -0.000401. The van der Waals surface area contributed by atoms with E-state index in [2.05, 4.69) is 46.6 Å². The Morgan fingerprint density at radius 3 is 1.01 bits per heavy atom. The van der Waals surface area contributed by atoms with Gasteiger partial charge in [0, 0.05) is 27.5 Å². The van der Waals surface area contributed by atoms with Crippen molar-refractivity contribution in [2.45, 2.75) is 244 Å². The van der Waals surface area contributed by atoms with Crippen molar-refractivity contribution < 1.29 is 46.8 Å². The Balaban J connectivity index is 0.000000552. The van der Waals surface area contributed by atoms with Crippen LogP contribution >= 0.6 is 23.2 Å². The van der Waals surface area contributed by atoms with Crippen molar-refractivity contribution in [2.24, 2.45) is 0 Å². The van der Waals surface area contributed by atoms with E-state index in [1.54, 1.807) is 73.6 Å². The molecule has 0 atom stereocenters. The molecule has 0 saturated heterocycles. The zero-order chi connectivity index (χ0) is 64.1. The lowest BCUT2D eigenvalue weighted by Crippen LogP contribution is -2.41. The molecule has 0 spiro atoms. The third-order valence-electron chi connectivity index (χ3n) is 11.6. The van der Waals surface area contributed by atoms with Crippen LogP contribution in [0.2, 0.25) is 10.0 Å². The minimum Gasteiger partial charge on any atom is -0.207 e. The second-order valence-electron chi connectivity index (χ2n) is 26.8. The average molecular weight is 1280 g/mol. The summed E-state index contributed by atoms with van der Waals surface area (Å²) in [6, 6.07) is 23.5. The molecule has 0 radical (unpaired) electrons. The number of hydrogen-bond donors (Lipinski definition) is 4. The third-order valence-corrected chi connectivity index (χ3v) is 19.9. The van der Waals surface area contributed by atoms with Gasteiger partial charge in [0.1, 0.15) is 4.90 Å². The fraction of sp³-hybridized carbons (Fsp3) is 0.548. The van der Waals surface area contributed by atoms with Crippen LogP contribution in [0.1, 0.15) is 224 Å². The van der Waals surface area contributed by atoms with Gasteiger partial charge < -0.3 is 0 Å². The molecule has 470 valence electrons. The molecule has 0 fully saturated rings. The molecule has 0 saturated carbocycles. The van der Waals surface area contributed by atoms with Gasteiger partial charge in [0.2, 0.25) is 40.1 Å². The minimum absolute atomic E-state index is 0. The maximum absolute atomic E-state index is 13.2. The van der Waals surface area contributed by atoms with Crippen LogP contribution in [0.15, 0.2) is 105 Å². The summed E-state index contributed by atoms with van der Waals surface area (Å²) in [6.45, 7) is 43.1. The molecule has 83 heavy (non-hydrogen) atoms. The minimum atomic E-state index is -4.73. The first-order chi connectivity index (χ1) is 36.5. The largest absolute Gasteiger partial charge is 0.417 e. The zero-order valence-corrected chi connectivity index (χ0v) is 57.0. The lowest BCUT2D eigenvalue weighted by Gasteiger charge is -2.27. The van der Waals surface area contributed by atoms with Crippen molar-refractivity contribution >= 4 is 74.1 Å². The van der Waals surface area contributed by atoms with Gasteiger partial charge in [0.15, 0.2) is 0 Å². The molecule has 0 bridgehead atoms. The van der Waals surface area contributed by atoms with Crippen LogP contribution in [0.4, 0.5) is 13.2 Å². The fourth-order valence-corrected chi connectivity index (χ4v) is 15.6. The number of halogens is 5. The Hall–Kier alpha value is -3.63. The molecular formula is C62H95Cl2F3N4O8S4. The van der Waals surface area contributed by atoms with Crippen LogP contribution in [0.5, 0.6) is 0 Å². The second-order valence-corrected chi connectivity index (χ2v) is 34.1. The summed E-state index contributed by atoms with van der Waals surface area (Å²) in [5.41, 5.74) is 0.669. The van der Waals surface area contributed by atoms with Crippen LogP contribution in [0, 0.1) is 0 Å². The van der Waals surface area contributed by atoms with Crippen molar-refractivity contribution in [1.82, 2.24) is 18.9 Å². The van der Waals surface area contributed by atoms with E-state index >= 15 is 0 Å². The third kappa shape index (κ3) is 23.5. The first kappa shape index (κ1) is 77.4. The smallest absolute Gasteiger partial charge is 0.207 e. The first-order valence-corrected chi connectivity index (χ1v) is 33.7. The van der Waals surface area contributed by atoms with Crippen LogP contribution in [-0.4, -0.2) is 55.8 Å². The van der Waals surface area contributed by atoms with Gasteiger partial charge in [-0.3, -0.25) is 0 Å². The lowest BCUT2D eigenvalue weighted by atomic mass is 9.85. The van der Waals surface area contributed by atoms with E-state index in [-0.39, 0.29) is 34.6 Å². The molecule has 0 amide bonds. The van der Waals surface area contributed by atoms with Crippen molar-refractivity contribution in [3.05, 3.63) is 128 Å². The quantitative estimate of drug-likeness (QED) is 0.0951. The van der Waals surface area contributed by atoms with E-state index in [1.165, 1.54) is 17.7 Å². The summed E-state index contributed by atoms with van der Waals surface area (Å²) >= 11 is 12.3. The monoisotopic (exact) mass is 1280 g/mol. The Morgan fingerprint density at radius 2 is 0.675 bits per heavy atom. The predicted molar refractivity (Wildman–Crippen MR) is 340 cm³/mol. The summed E-state index contributed by atoms with van der Waals surface area (Å²) in [7, 11) is -15.0. The number of rotatable bonds is 12. The Morgan fingerprint density at radius 1 is 0.373 bits per heavy atom. The molecule has 5 aromatic carbocycles. The summed E-state index contributed by atoms with van der Waals surface area (Å²) < 4.78 is 149. The predicted octanol–water partition coefficient (Wildman–Crippen LogP) is 17.0. The summed E-state index contributed by atoms with van der Waals surface area (Å²) in [6.07, 6.45) is -4.73. The van der Waals surface area contributed by atoms with E-state index in [4.69, 9.17) is 23.2 Å². The van der Waals surface area contributed by atoms with Crippen molar-refractivity contribution in [3.63, 3.8) is 0 Å². The Bertz CT molecular complexity index is 3370. The number of hydrogen-bond acceptors (Lipinski definition) is 8. The molecular weight excluding hydrogens is 1180 g/mol. The van der Waals surface area contributed by atoms with E-state index < -0.39 is 78.9 Å². The van der Waals surface area contributed by atoms with Gasteiger partial charge in [-0.25, -0.2) is 52.6 Å². The highest BCUT2D eigenvalue weighted by Crippen LogP contribution is 2.39. The van der Waals surface area contributed by atoms with Crippen molar-refractivity contribution in [2.75, 3.05) is 0 Å². The van der Waals surface area contributed by atoms with Gasteiger partial charge in [-0.2, -0.15) is 13.2 Å². The number of alkyl halides is 3. The Labute approximate surface area is 508 Å². The van der Waals surface area contributed by atoms with Crippen molar-refractivity contribution in [1.29, 1.82) is 0 Å². The van der Waals surface area contributed by atoms with Crippen molar-refractivity contribution in [3.8, 4) is 0 Å². The van der Waals surface area contributed by atoms with Gasteiger partial charge in [-0.1, -0.05) is 161 Å². The lowest BCUT2D eigenvalue weighted by molar-refractivity contribution is -0.140. The summed E-state index contributed by atoms with van der Waals surface area (Å²) in [5.74, 6) is 0.774. The zero-order valence-electron chi connectivity index (χ0n) is 52.2. The SMILES string of the molecule is C.CC(C)c1ccc(S(=O)(=O)NC(C)(C)C)c(C(C)(C)C)c1.CC(C)c1ccc(S(=O)(=O)NC(C)(C)C)c(C(F)(F)F)c1.CC(C)c1ccc(S(=O)(=O)NC(C)(C)C)c(Cl)c1Cl.CC(C)c1ccc(S(=O)(=O)NC(C)(C)C)c2ccccc12. The highest BCUT2D eigenvalue weighted by atomic mass is 35.5. The molecule has 0 unspecified atom stereocenters. The second kappa shape index (κ2) is 28.5. The fourth-order valence-electron chi connectivity index (χ4n) is 8.15. The standard InChI is InChI=1S/C17H23NO2S.C17H29NO2S.C14H20F3NO2S.C13H19Cl2NO2S.CH4/c1-12(2)13-10-11-16(15-9-7-6-8-14(13)15)21(19,20)18-17(3,4)5;1-12(2)13-9-10-15(14(11-13)16(3,4)5)21(19,20)18-17(6,7)8;1-9(2)10-6-7-12(11(8-10)14(15,16)17)21(19,20)18-13(3,4)5;1-8(2)9-6-7-10(12(15)11(9)14)19(17,18)16-13(3,4)5;/h6-12,18H,1-5H3;9-12,18H,1-8H3;6-9,18H,1-5H3;6-8,16H,1-5H3;1H4. The summed E-state index contributed by atoms with van der Waals surface area (Å²) in [5, 5.41) is 2.16. The van der Waals surface area contributed by atoms with Crippen LogP contribution in [0.3, 0.4) is 0 Å². The molecule has 0 aliphatic carbocycles. The molecule has 4 N–H and O–H groups in total. The number of fused-ring (bicyclic) bond motifs is 1. The molecule has 5 aromatic rings. The van der Waals surface area contributed by atoms with Gasteiger partial charge in [-0.15, -0.1) is 0 Å². The van der Waals surface area contributed by atoms with Gasteiger partial charge >= 0.3 is 6.18 Å². The molecule has 0 aliphatic heterocycles. The molecule has 12 nitrogen and oxygen atoms in total. The Kier molecular flexibility index (Phi) is 26.5. The van der Waals surface area contributed by atoms with E-state index in [1.807, 2.05) is 119 Å². The van der Waals surface area contributed by atoms with Gasteiger partial charge in [0.05, 0.1) is 30.3 Å². The molecule has 0 aliphatic rings. The topological polar surface area (TPSA) is 185 Å².